The van der Waals surface area contributed by atoms with E-state index < -0.39 is 4.92 Å². The minimum Gasteiger partial charge on any atom is -0.482 e. The number of hydrogen-bond acceptors (Lipinski definition) is 4. The topological polar surface area (TPSA) is 69.4 Å². The van der Waals surface area contributed by atoms with Gasteiger partial charge in [0.25, 0.3) is 0 Å². The van der Waals surface area contributed by atoms with Crippen LogP contribution in [0.5, 0.6) is 5.75 Å². The molecule has 1 rings (SSSR count). The number of benzene rings is 1. The molecule has 0 saturated carbocycles. The lowest BCUT2D eigenvalue weighted by Gasteiger charge is -2.20. The molecule has 19 heavy (non-hydrogen) atoms. The van der Waals surface area contributed by atoms with Gasteiger partial charge in [0.2, 0.25) is 5.75 Å². The molecule has 0 heterocycles. The van der Waals surface area contributed by atoms with Gasteiger partial charge < -0.3 is 4.74 Å². The van der Waals surface area contributed by atoms with Crippen molar-refractivity contribution in [3.63, 3.8) is 0 Å². The van der Waals surface area contributed by atoms with E-state index in [4.69, 9.17) is 4.74 Å². The molecule has 102 valence electrons. The molecule has 0 bridgehead atoms. The van der Waals surface area contributed by atoms with Crippen molar-refractivity contribution >= 4 is 12.0 Å². The van der Waals surface area contributed by atoms with Gasteiger partial charge >= 0.3 is 5.69 Å². The highest BCUT2D eigenvalue weighted by Crippen LogP contribution is 2.35. The van der Waals surface area contributed by atoms with Crippen molar-refractivity contribution in [3.8, 4) is 5.75 Å². The fourth-order valence-corrected chi connectivity index (χ4v) is 1.59. The molecule has 0 aliphatic rings. The van der Waals surface area contributed by atoms with Gasteiger partial charge in [-0.3, -0.25) is 14.9 Å². The smallest absolute Gasteiger partial charge is 0.311 e. The molecule has 0 aliphatic heterocycles. The van der Waals surface area contributed by atoms with Crippen LogP contribution in [0.4, 0.5) is 5.69 Å². The molecule has 0 N–H and O–H groups in total. The number of nitro groups is 1. The second-order valence-electron chi connectivity index (χ2n) is 5.14. The van der Waals surface area contributed by atoms with Gasteiger partial charge in [-0.1, -0.05) is 33.4 Å². The molecule has 0 aromatic heterocycles. The Morgan fingerprint density at radius 2 is 2.05 bits per heavy atom. The van der Waals surface area contributed by atoms with Gasteiger partial charge in [-0.15, -0.1) is 0 Å². The Balaban J connectivity index is 3.48. The quantitative estimate of drug-likeness (QED) is 0.354. The first-order valence-corrected chi connectivity index (χ1v) is 5.83. The summed E-state index contributed by atoms with van der Waals surface area (Å²) in [5.41, 5.74) is 0.407. The Bertz CT molecular complexity index is 515. The maximum atomic E-state index is 11.1. The van der Waals surface area contributed by atoms with Gasteiger partial charge in [0.05, 0.1) is 10.5 Å². The van der Waals surface area contributed by atoms with E-state index in [1.165, 1.54) is 12.1 Å². The third-order valence-corrected chi connectivity index (χ3v) is 2.63. The second kappa shape index (κ2) is 5.65. The first-order chi connectivity index (χ1) is 8.81. The lowest BCUT2D eigenvalue weighted by atomic mass is 9.85. The van der Waals surface area contributed by atoms with Crippen LogP contribution in [-0.4, -0.2) is 17.8 Å². The van der Waals surface area contributed by atoms with Crippen molar-refractivity contribution in [1.82, 2.24) is 0 Å². The Morgan fingerprint density at radius 3 is 2.47 bits per heavy atom. The summed E-state index contributed by atoms with van der Waals surface area (Å²) in [7, 11) is 0. The Morgan fingerprint density at radius 1 is 1.42 bits per heavy atom. The van der Waals surface area contributed by atoms with Gasteiger partial charge in [0, 0.05) is 6.07 Å². The van der Waals surface area contributed by atoms with E-state index in [9.17, 15) is 14.9 Å². The summed E-state index contributed by atoms with van der Waals surface area (Å²) in [6.45, 7) is 9.35. The fraction of sp³-hybridized carbons (Fsp3) is 0.357. The highest BCUT2D eigenvalue weighted by atomic mass is 16.6. The summed E-state index contributed by atoms with van der Waals surface area (Å²) in [6, 6.07) is 3.07. The summed E-state index contributed by atoms with van der Waals surface area (Å²) in [5.74, 6) is -0.00657. The Kier molecular flexibility index (Phi) is 4.43. The molecule has 0 saturated heterocycles. The number of carbonyl (C=O) groups is 1. The van der Waals surface area contributed by atoms with Crippen LogP contribution in [0.1, 0.15) is 36.7 Å². The number of ether oxygens (including phenoxy) is 1. The first kappa shape index (κ1) is 14.9. The van der Waals surface area contributed by atoms with Gasteiger partial charge in [-0.2, -0.15) is 0 Å². The monoisotopic (exact) mass is 263 g/mol. The predicted octanol–water partition coefficient (Wildman–Crippen LogP) is 3.27. The van der Waals surface area contributed by atoms with Crippen LogP contribution in [0.15, 0.2) is 24.8 Å². The molecule has 0 spiro atoms. The molecule has 5 nitrogen and oxygen atoms in total. The van der Waals surface area contributed by atoms with Crippen molar-refractivity contribution in [1.29, 1.82) is 0 Å². The Hall–Kier alpha value is -2.17. The van der Waals surface area contributed by atoms with Gasteiger partial charge in [-0.25, -0.2) is 0 Å². The Labute approximate surface area is 112 Å². The molecular weight excluding hydrogens is 246 g/mol. The standard InChI is InChI=1S/C14H17NO4/c1-5-6-19-13-10(9-16)7-11(14(2,3)4)8-12(13)15(17)18/h5,7-9H,1,6H2,2-4H3. The maximum absolute atomic E-state index is 11.1. The third-order valence-electron chi connectivity index (χ3n) is 2.63. The first-order valence-electron chi connectivity index (χ1n) is 5.83. The predicted molar refractivity (Wildman–Crippen MR) is 72.9 cm³/mol. The van der Waals surface area contributed by atoms with E-state index in [0.29, 0.717) is 11.8 Å². The van der Waals surface area contributed by atoms with E-state index in [0.717, 1.165) is 0 Å². The second-order valence-corrected chi connectivity index (χ2v) is 5.14. The van der Waals surface area contributed by atoms with Crippen molar-refractivity contribution in [2.24, 2.45) is 0 Å². The molecule has 0 fully saturated rings. The van der Waals surface area contributed by atoms with E-state index in [1.54, 1.807) is 6.07 Å². The average Bonchev–Trinajstić information content (AvgIpc) is 2.33. The van der Waals surface area contributed by atoms with Gasteiger partial charge in [0.1, 0.15) is 6.61 Å². The van der Waals surface area contributed by atoms with Crippen molar-refractivity contribution in [3.05, 3.63) is 46.0 Å². The van der Waals surface area contributed by atoms with Gasteiger partial charge in [-0.05, 0) is 17.0 Å². The number of aldehydes is 1. The molecule has 0 atom stereocenters. The summed E-state index contributed by atoms with van der Waals surface area (Å²) >= 11 is 0. The average molecular weight is 263 g/mol. The van der Waals surface area contributed by atoms with Crippen LogP contribution in [0.25, 0.3) is 0 Å². The molecular formula is C14H17NO4. The number of nitrogens with zero attached hydrogens (tertiary/aromatic N) is 1. The highest BCUT2D eigenvalue weighted by molar-refractivity contribution is 5.83. The molecule has 1 aromatic rings. The third kappa shape index (κ3) is 3.40. The summed E-state index contributed by atoms with van der Waals surface area (Å²) < 4.78 is 5.25. The summed E-state index contributed by atoms with van der Waals surface area (Å²) in [6.07, 6.45) is 2.04. The minimum atomic E-state index is -0.541. The molecule has 5 heteroatoms. The van der Waals surface area contributed by atoms with Crippen LogP contribution in [0.2, 0.25) is 0 Å². The molecule has 0 radical (unpaired) electrons. The molecule has 0 aliphatic carbocycles. The molecule has 0 unspecified atom stereocenters. The number of nitro benzene ring substituents is 1. The minimum absolute atomic E-state index is 0.00657. The zero-order valence-electron chi connectivity index (χ0n) is 11.3. The zero-order valence-corrected chi connectivity index (χ0v) is 11.3. The van der Waals surface area contributed by atoms with E-state index >= 15 is 0 Å². The van der Waals surface area contributed by atoms with Crippen LogP contribution in [-0.2, 0) is 5.41 Å². The van der Waals surface area contributed by atoms with Gasteiger partial charge in [0.15, 0.2) is 6.29 Å². The number of hydrogen-bond donors (Lipinski definition) is 0. The van der Waals surface area contributed by atoms with Crippen LogP contribution in [0.3, 0.4) is 0 Å². The van der Waals surface area contributed by atoms with Crippen LogP contribution in [0, 0.1) is 10.1 Å². The highest BCUT2D eigenvalue weighted by Gasteiger charge is 2.25. The summed E-state index contributed by atoms with van der Waals surface area (Å²) in [4.78, 5) is 21.7. The lowest BCUT2D eigenvalue weighted by Crippen LogP contribution is -2.13. The molecule has 0 amide bonds. The molecule has 1 aromatic carbocycles. The lowest BCUT2D eigenvalue weighted by molar-refractivity contribution is -0.385. The van der Waals surface area contributed by atoms with E-state index in [2.05, 4.69) is 6.58 Å². The van der Waals surface area contributed by atoms with E-state index in [1.807, 2.05) is 20.8 Å². The summed E-state index contributed by atoms with van der Waals surface area (Å²) in [5, 5.41) is 11.1. The number of rotatable bonds is 5. The zero-order chi connectivity index (χ0) is 14.6. The van der Waals surface area contributed by atoms with Crippen molar-refractivity contribution in [2.75, 3.05) is 6.61 Å². The fourth-order valence-electron chi connectivity index (χ4n) is 1.59. The SMILES string of the molecule is C=CCOc1c(C=O)cc(C(C)(C)C)cc1[N+](=O)[O-]. The number of carbonyl (C=O) groups excluding carboxylic acids is 1. The van der Waals surface area contributed by atoms with Crippen molar-refractivity contribution < 1.29 is 14.5 Å². The maximum Gasteiger partial charge on any atom is 0.311 e. The normalized spacial score (nSPS) is 10.9. The largest absolute Gasteiger partial charge is 0.482 e. The van der Waals surface area contributed by atoms with Crippen LogP contribution >= 0.6 is 0 Å². The van der Waals surface area contributed by atoms with Crippen LogP contribution < -0.4 is 4.74 Å². The van der Waals surface area contributed by atoms with E-state index in [-0.39, 0.29) is 29.0 Å². The van der Waals surface area contributed by atoms with Crippen molar-refractivity contribution in [2.45, 2.75) is 26.2 Å².